The Bertz CT molecular complexity index is 866. The van der Waals surface area contributed by atoms with E-state index in [9.17, 15) is 9.18 Å². The molecule has 0 saturated carbocycles. The minimum Gasteiger partial charge on any atom is -0.415 e. The maximum Gasteiger partial charge on any atom is 0.257 e. The molecule has 0 aliphatic rings. The molecule has 0 bridgehead atoms. The minimum absolute atomic E-state index is 0.174. The molecule has 6 heteroatoms. The van der Waals surface area contributed by atoms with E-state index < -0.39 is 8.32 Å². The van der Waals surface area contributed by atoms with Crippen LogP contribution in [0.15, 0.2) is 24.4 Å². The van der Waals surface area contributed by atoms with Gasteiger partial charge in [-0.2, -0.15) is 0 Å². The molecule has 0 unspecified atom stereocenters. The van der Waals surface area contributed by atoms with Crippen LogP contribution in [0.4, 0.5) is 10.1 Å². The predicted octanol–water partition coefficient (Wildman–Crippen LogP) is 5.83. The fourth-order valence-electron chi connectivity index (χ4n) is 2.93. The third kappa shape index (κ3) is 4.91. The van der Waals surface area contributed by atoms with E-state index in [1.165, 1.54) is 6.07 Å². The molecule has 154 valence electrons. The zero-order valence-electron chi connectivity index (χ0n) is 18.4. The van der Waals surface area contributed by atoms with Gasteiger partial charge in [0.25, 0.3) is 5.91 Å². The average Bonchev–Trinajstić information content (AvgIpc) is 2.84. The summed E-state index contributed by atoms with van der Waals surface area (Å²) in [5.41, 5.74) is 3.59. The number of rotatable bonds is 6. The molecule has 1 aromatic carbocycles. The third-order valence-corrected chi connectivity index (χ3v) is 10.3. The summed E-state index contributed by atoms with van der Waals surface area (Å²) in [6.07, 6.45) is 2.00. The minimum atomic E-state index is -1.79. The number of hydrogen-bond acceptors (Lipinski definition) is 2. The zero-order valence-corrected chi connectivity index (χ0v) is 19.4. The third-order valence-electron chi connectivity index (χ3n) is 5.78. The lowest BCUT2D eigenvalue weighted by Crippen LogP contribution is -2.41. The molecule has 1 heterocycles. The molecule has 4 nitrogen and oxygen atoms in total. The Kier molecular flexibility index (Phi) is 6.56. The number of nitrogens with one attached hydrogen (secondary N) is 1. The van der Waals surface area contributed by atoms with Gasteiger partial charge in [0.2, 0.25) is 0 Å². The van der Waals surface area contributed by atoms with Crippen LogP contribution in [-0.2, 0) is 11.0 Å². The second-order valence-corrected chi connectivity index (χ2v) is 13.8. The van der Waals surface area contributed by atoms with Gasteiger partial charge in [-0.05, 0) is 68.2 Å². The number of carbonyl (C=O) groups excluding carboxylic acids is 1. The van der Waals surface area contributed by atoms with Gasteiger partial charge in [0.1, 0.15) is 5.82 Å². The number of aryl methyl sites for hydroxylation is 2. The summed E-state index contributed by atoms with van der Waals surface area (Å²) in [4.78, 5) is 12.8. The van der Waals surface area contributed by atoms with Crippen LogP contribution >= 0.6 is 0 Å². The van der Waals surface area contributed by atoms with Crippen LogP contribution in [0.3, 0.4) is 0 Å². The first-order valence-corrected chi connectivity index (χ1v) is 12.6. The number of carbonyl (C=O) groups is 1. The molecular weight excluding hydrogens is 371 g/mol. The Morgan fingerprint density at radius 3 is 2.39 bits per heavy atom. The van der Waals surface area contributed by atoms with Gasteiger partial charge in [-0.25, -0.2) is 4.39 Å². The molecule has 0 saturated heterocycles. The molecule has 0 fully saturated rings. The van der Waals surface area contributed by atoms with E-state index in [0.717, 1.165) is 11.3 Å². The molecule has 0 spiro atoms. The van der Waals surface area contributed by atoms with E-state index in [0.29, 0.717) is 30.0 Å². The normalized spacial score (nSPS) is 12.3. The van der Waals surface area contributed by atoms with Crippen molar-refractivity contribution in [2.45, 2.75) is 66.2 Å². The van der Waals surface area contributed by atoms with Crippen molar-refractivity contribution in [1.82, 2.24) is 4.57 Å². The van der Waals surface area contributed by atoms with Crippen LogP contribution in [-0.4, -0.2) is 25.4 Å². The molecular formula is C22H33FN2O2Si. The van der Waals surface area contributed by atoms with Crippen LogP contribution < -0.4 is 5.32 Å². The van der Waals surface area contributed by atoms with Crippen molar-refractivity contribution < 1.29 is 13.6 Å². The molecule has 0 aliphatic heterocycles. The second-order valence-electron chi connectivity index (χ2n) is 8.99. The van der Waals surface area contributed by atoms with Crippen molar-refractivity contribution in [3.63, 3.8) is 0 Å². The number of halogens is 1. The lowest BCUT2D eigenvalue weighted by molar-refractivity contribution is 0.102. The lowest BCUT2D eigenvalue weighted by atomic mass is 10.1. The molecule has 1 N–H and O–H groups in total. The van der Waals surface area contributed by atoms with Crippen LogP contribution in [0.2, 0.25) is 18.1 Å². The van der Waals surface area contributed by atoms with E-state index >= 15 is 0 Å². The van der Waals surface area contributed by atoms with Gasteiger partial charge >= 0.3 is 0 Å². The van der Waals surface area contributed by atoms with Crippen LogP contribution in [0.5, 0.6) is 0 Å². The Balaban J connectivity index is 2.10. The van der Waals surface area contributed by atoms with Gasteiger partial charge in [-0.1, -0.05) is 20.8 Å². The van der Waals surface area contributed by atoms with Crippen molar-refractivity contribution >= 4 is 19.9 Å². The zero-order chi connectivity index (χ0) is 21.3. The highest BCUT2D eigenvalue weighted by Gasteiger charge is 2.36. The molecule has 0 atom stereocenters. The largest absolute Gasteiger partial charge is 0.415 e. The standard InChI is InChI=1S/C22H33FN2O2Si/c1-15-13-18(9-10-19(15)23)24-21(26)20-16(2)14-25(17(20)3)11-12-27-28(7,8)22(4,5)6/h9-10,13-14H,11-12H2,1-8H3,(H,24,26). The Hall–Kier alpha value is -1.92. The van der Waals surface area contributed by atoms with Crippen molar-refractivity contribution in [2.75, 3.05) is 11.9 Å². The molecule has 2 aromatic rings. The van der Waals surface area contributed by atoms with E-state index in [1.807, 2.05) is 20.0 Å². The maximum atomic E-state index is 13.4. The van der Waals surface area contributed by atoms with Crippen LogP contribution in [0.1, 0.15) is 48.0 Å². The fourth-order valence-corrected chi connectivity index (χ4v) is 3.97. The SMILES string of the molecule is Cc1cc(NC(=O)c2c(C)cn(CCO[Si](C)(C)C(C)(C)C)c2C)ccc1F. The highest BCUT2D eigenvalue weighted by molar-refractivity contribution is 6.74. The number of hydrogen-bond donors (Lipinski definition) is 1. The van der Waals surface area contributed by atoms with Crippen molar-refractivity contribution in [1.29, 1.82) is 0 Å². The summed E-state index contributed by atoms with van der Waals surface area (Å²) >= 11 is 0. The summed E-state index contributed by atoms with van der Waals surface area (Å²) in [5.74, 6) is -0.455. The highest BCUT2D eigenvalue weighted by Crippen LogP contribution is 2.36. The van der Waals surface area contributed by atoms with Gasteiger partial charge in [0.15, 0.2) is 8.32 Å². The molecule has 1 aromatic heterocycles. The summed E-state index contributed by atoms with van der Waals surface area (Å²) < 4.78 is 21.8. The Labute approximate surface area is 169 Å². The Morgan fingerprint density at radius 2 is 1.82 bits per heavy atom. The van der Waals surface area contributed by atoms with Gasteiger partial charge < -0.3 is 14.3 Å². The first-order valence-electron chi connectivity index (χ1n) is 9.71. The summed E-state index contributed by atoms with van der Waals surface area (Å²) in [5, 5.41) is 3.05. The lowest BCUT2D eigenvalue weighted by Gasteiger charge is -2.36. The molecule has 0 radical (unpaired) electrons. The van der Waals surface area contributed by atoms with Crippen molar-refractivity contribution in [3.05, 3.63) is 52.6 Å². The number of aromatic nitrogens is 1. The van der Waals surface area contributed by atoms with Gasteiger partial charge in [0, 0.05) is 24.1 Å². The van der Waals surface area contributed by atoms with Crippen molar-refractivity contribution in [2.24, 2.45) is 0 Å². The summed E-state index contributed by atoms with van der Waals surface area (Å²) in [6.45, 7) is 18.1. The van der Waals surface area contributed by atoms with Gasteiger partial charge in [-0.15, -0.1) is 0 Å². The summed E-state index contributed by atoms with van der Waals surface area (Å²) in [6, 6.07) is 4.59. The first kappa shape index (κ1) is 22.4. The van der Waals surface area contributed by atoms with Gasteiger partial charge in [-0.3, -0.25) is 4.79 Å². The number of benzene rings is 1. The van der Waals surface area contributed by atoms with Crippen molar-refractivity contribution in [3.8, 4) is 0 Å². The fraction of sp³-hybridized carbons (Fsp3) is 0.500. The highest BCUT2D eigenvalue weighted by atomic mass is 28.4. The number of amides is 1. The average molecular weight is 405 g/mol. The quantitative estimate of drug-likeness (QED) is 0.616. The molecule has 2 rings (SSSR count). The van der Waals surface area contributed by atoms with Crippen LogP contribution in [0, 0.1) is 26.6 Å². The Morgan fingerprint density at radius 1 is 1.18 bits per heavy atom. The predicted molar refractivity (Wildman–Crippen MR) is 116 cm³/mol. The van der Waals surface area contributed by atoms with Gasteiger partial charge in [0.05, 0.1) is 12.2 Å². The maximum absolute atomic E-state index is 13.4. The van der Waals surface area contributed by atoms with E-state index in [-0.39, 0.29) is 16.8 Å². The first-order chi connectivity index (χ1) is 12.8. The van der Waals surface area contributed by atoms with E-state index in [2.05, 4.69) is 43.7 Å². The number of anilines is 1. The smallest absolute Gasteiger partial charge is 0.257 e. The summed E-state index contributed by atoms with van der Waals surface area (Å²) in [7, 11) is -1.79. The monoisotopic (exact) mass is 404 g/mol. The number of nitrogens with zero attached hydrogens (tertiary/aromatic N) is 1. The molecule has 28 heavy (non-hydrogen) atoms. The molecule has 1 amide bonds. The van der Waals surface area contributed by atoms with Crippen LogP contribution in [0.25, 0.3) is 0 Å². The second kappa shape index (κ2) is 8.21. The van der Waals surface area contributed by atoms with E-state index in [1.54, 1.807) is 19.1 Å². The van der Waals surface area contributed by atoms with E-state index in [4.69, 9.17) is 4.43 Å². The topological polar surface area (TPSA) is 43.3 Å². The molecule has 0 aliphatic carbocycles.